The van der Waals surface area contributed by atoms with Gasteiger partial charge in [-0.1, -0.05) is 36.4 Å². The van der Waals surface area contributed by atoms with Gasteiger partial charge in [0.2, 0.25) is 0 Å². The number of nitrogens with zero attached hydrogens (tertiary/aromatic N) is 3. The van der Waals surface area contributed by atoms with Crippen LogP contribution in [-0.4, -0.2) is 21.7 Å². The molecule has 0 aliphatic rings. The average molecular weight is 368 g/mol. The predicted molar refractivity (Wildman–Crippen MR) is 112 cm³/mol. The second kappa shape index (κ2) is 7.48. The summed E-state index contributed by atoms with van der Waals surface area (Å²) in [7, 11) is 0. The summed E-state index contributed by atoms with van der Waals surface area (Å²) >= 11 is 0. The van der Waals surface area contributed by atoms with Crippen LogP contribution in [0.25, 0.3) is 16.6 Å². The zero-order valence-corrected chi connectivity index (χ0v) is 15.8. The van der Waals surface area contributed by atoms with E-state index >= 15 is 0 Å². The second-order valence-electron chi connectivity index (χ2n) is 6.61. The maximum atomic E-state index is 12.4. The van der Waals surface area contributed by atoms with E-state index in [1.165, 1.54) is 0 Å². The Morgan fingerprint density at radius 2 is 1.79 bits per heavy atom. The molecular weight excluding hydrogens is 348 g/mol. The Kier molecular flexibility index (Phi) is 4.72. The molecule has 0 aliphatic heterocycles. The number of aromatic nitrogens is 2. The number of hydrazone groups is 1. The third kappa shape index (κ3) is 3.42. The molecule has 4 aromatic rings. The highest BCUT2D eigenvalue weighted by Gasteiger charge is 2.10. The van der Waals surface area contributed by atoms with E-state index in [-0.39, 0.29) is 5.91 Å². The number of aryl methyl sites for hydroxylation is 1. The highest BCUT2D eigenvalue weighted by Crippen LogP contribution is 2.18. The van der Waals surface area contributed by atoms with E-state index in [4.69, 9.17) is 0 Å². The lowest BCUT2D eigenvalue weighted by Gasteiger charge is -2.07. The quantitative estimate of drug-likeness (QED) is 0.428. The van der Waals surface area contributed by atoms with E-state index in [1.807, 2.05) is 74.5 Å². The fourth-order valence-corrected chi connectivity index (χ4v) is 3.31. The van der Waals surface area contributed by atoms with Crippen molar-refractivity contribution >= 4 is 22.9 Å². The van der Waals surface area contributed by atoms with Gasteiger partial charge in [-0.3, -0.25) is 4.79 Å². The average Bonchev–Trinajstić information content (AvgIpc) is 3.01. The maximum absolute atomic E-state index is 12.4. The van der Waals surface area contributed by atoms with Crippen molar-refractivity contribution in [3.8, 4) is 5.82 Å². The SMILES string of the molecule is Cc1cc(/C=N\NC(=O)c2ccc3ccccc3c2)c(C)n1-c1ccccn1. The van der Waals surface area contributed by atoms with Crippen LogP contribution in [0.3, 0.4) is 0 Å². The van der Waals surface area contributed by atoms with E-state index in [0.717, 1.165) is 33.5 Å². The molecule has 0 saturated heterocycles. The molecule has 0 aliphatic carbocycles. The van der Waals surface area contributed by atoms with Crippen molar-refractivity contribution in [2.45, 2.75) is 13.8 Å². The van der Waals surface area contributed by atoms with Gasteiger partial charge in [-0.2, -0.15) is 5.10 Å². The van der Waals surface area contributed by atoms with Gasteiger partial charge in [0.25, 0.3) is 5.91 Å². The Bertz CT molecular complexity index is 1180. The summed E-state index contributed by atoms with van der Waals surface area (Å²) < 4.78 is 2.06. The zero-order chi connectivity index (χ0) is 19.5. The molecule has 5 nitrogen and oxygen atoms in total. The minimum atomic E-state index is -0.236. The van der Waals surface area contributed by atoms with Crippen molar-refractivity contribution in [2.75, 3.05) is 0 Å². The normalized spacial score (nSPS) is 11.2. The van der Waals surface area contributed by atoms with Gasteiger partial charge < -0.3 is 4.57 Å². The van der Waals surface area contributed by atoms with Crippen LogP contribution in [0.2, 0.25) is 0 Å². The number of fused-ring (bicyclic) bond motifs is 1. The van der Waals surface area contributed by atoms with Gasteiger partial charge in [0.15, 0.2) is 0 Å². The van der Waals surface area contributed by atoms with Crippen LogP contribution in [0.5, 0.6) is 0 Å². The molecule has 0 fully saturated rings. The Labute approximate surface area is 163 Å². The first-order chi connectivity index (χ1) is 13.6. The summed E-state index contributed by atoms with van der Waals surface area (Å²) in [4.78, 5) is 16.8. The Morgan fingerprint density at radius 1 is 1.00 bits per heavy atom. The summed E-state index contributed by atoms with van der Waals surface area (Å²) in [6.45, 7) is 4.03. The largest absolute Gasteiger partial charge is 0.303 e. The number of benzene rings is 2. The summed E-state index contributed by atoms with van der Waals surface area (Å²) in [5.74, 6) is 0.623. The van der Waals surface area contributed by atoms with E-state index in [0.29, 0.717) is 5.56 Å². The van der Waals surface area contributed by atoms with E-state index in [9.17, 15) is 4.79 Å². The monoisotopic (exact) mass is 368 g/mol. The lowest BCUT2D eigenvalue weighted by atomic mass is 10.1. The number of carbonyl (C=O) groups excluding carboxylic acids is 1. The Morgan fingerprint density at radius 3 is 2.57 bits per heavy atom. The fraction of sp³-hybridized carbons (Fsp3) is 0.0870. The minimum Gasteiger partial charge on any atom is -0.303 e. The Hall–Kier alpha value is -3.73. The van der Waals surface area contributed by atoms with E-state index in [1.54, 1.807) is 18.5 Å². The van der Waals surface area contributed by atoms with Crippen molar-refractivity contribution < 1.29 is 4.79 Å². The molecule has 0 saturated carbocycles. The number of amides is 1. The smallest absolute Gasteiger partial charge is 0.271 e. The Balaban J connectivity index is 1.52. The summed E-state index contributed by atoms with van der Waals surface area (Å²) in [6.07, 6.45) is 3.44. The molecule has 2 heterocycles. The topological polar surface area (TPSA) is 59.3 Å². The van der Waals surface area contributed by atoms with Crippen molar-refractivity contribution in [3.63, 3.8) is 0 Å². The van der Waals surface area contributed by atoms with Crippen LogP contribution in [0.15, 0.2) is 78.0 Å². The molecule has 1 amide bonds. The zero-order valence-electron chi connectivity index (χ0n) is 15.8. The lowest BCUT2D eigenvalue weighted by Crippen LogP contribution is -2.17. The molecule has 5 heteroatoms. The number of hydrogen-bond acceptors (Lipinski definition) is 3. The number of rotatable bonds is 4. The molecule has 0 spiro atoms. The van der Waals surface area contributed by atoms with Crippen molar-refractivity contribution in [1.82, 2.24) is 15.0 Å². The van der Waals surface area contributed by atoms with Gasteiger partial charge in [-0.15, -0.1) is 0 Å². The fourth-order valence-electron chi connectivity index (χ4n) is 3.31. The van der Waals surface area contributed by atoms with Gasteiger partial charge >= 0.3 is 0 Å². The molecular formula is C23H20N4O. The number of carbonyl (C=O) groups is 1. The third-order valence-electron chi connectivity index (χ3n) is 4.73. The molecule has 2 aromatic heterocycles. The summed E-state index contributed by atoms with van der Waals surface area (Å²) in [5, 5.41) is 6.28. The van der Waals surface area contributed by atoms with Crippen LogP contribution in [0.1, 0.15) is 27.3 Å². The standard InChI is InChI=1S/C23H20N4O/c1-16-13-21(17(2)27(16)22-9-5-6-12-24-22)15-25-26-23(28)20-11-10-18-7-3-4-8-19(18)14-20/h3-15H,1-2H3,(H,26,28)/b25-15-. The summed E-state index contributed by atoms with van der Waals surface area (Å²) in [6, 6.07) is 21.4. The lowest BCUT2D eigenvalue weighted by molar-refractivity contribution is 0.0955. The van der Waals surface area contributed by atoms with Gasteiger partial charge in [0.05, 0.1) is 6.21 Å². The van der Waals surface area contributed by atoms with E-state index in [2.05, 4.69) is 20.1 Å². The van der Waals surface area contributed by atoms with Gasteiger partial charge in [0.1, 0.15) is 5.82 Å². The van der Waals surface area contributed by atoms with E-state index < -0.39 is 0 Å². The number of pyridine rings is 1. The van der Waals surface area contributed by atoms with Gasteiger partial charge in [0, 0.05) is 28.7 Å². The van der Waals surface area contributed by atoms with Gasteiger partial charge in [-0.05, 0) is 55.0 Å². The molecule has 1 N–H and O–H groups in total. The molecule has 28 heavy (non-hydrogen) atoms. The molecule has 2 aromatic carbocycles. The minimum absolute atomic E-state index is 0.236. The summed E-state index contributed by atoms with van der Waals surface area (Å²) in [5.41, 5.74) is 6.19. The maximum Gasteiger partial charge on any atom is 0.271 e. The van der Waals surface area contributed by atoms with Gasteiger partial charge in [-0.25, -0.2) is 10.4 Å². The van der Waals surface area contributed by atoms with Crippen LogP contribution >= 0.6 is 0 Å². The molecule has 0 radical (unpaired) electrons. The van der Waals surface area contributed by atoms with Crippen molar-refractivity contribution in [3.05, 3.63) is 95.4 Å². The second-order valence-corrected chi connectivity index (χ2v) is 6.61. The molecule has 0 bridgehead atoms. The van der Waals surface area contributed by atoms with Crippen molar-refractivity contribution in [1.29, 1.82) is 0 Å². The first-order valence-electron chi connectivity index (χ1n) is 9.06. The van der Waals surface area contributed by atoms with Crippen LogP contribution in [0.4, 0.5) is 0 Å². The van der Waals surface area contributed by atoms with Crippen LogP contribution in [-0.2, 0) is 0 Å². The van der Waals surface area contributed by atoms with Crippen LogP contribution < -0.4 is 5.43 Å². The molecule has 0 atom stereocenters. The number of hydrogen-bond donors (Lipinski definition) is 1. The molecule has 138 valence electrons. The highest BCUT2D eigenvalue weighted by molar-refractivity contribution is 5.99. The number of nitrogens with one attached hydrogen (secondary N) is 1. The molecule has 4 rings (SSSR count). The van der Waals surface area contributed by atoms with Crippen LogP contribution in [0, 0.1) is 13.8 Å². The highest BCUT2D eigenvalue weighted by atomic mass is 16.2. The first-order valence-corrected chi connectivity index (χ1v) is 9.06. The molecule has 0 unspecified atom stereocenters. The first kappa shape index (κ1) is 17.7. The third-order valence-corrected chi connectivity index (χ3v) is 4.73. The van der Waals surface area contributed by atoms with Crippen molar-refractivity contribution in [2.24, 2.45) is 5.10 Å². The predicted octanol–water partition coefficient (Wildman–Crippen LogP) is 4.41.